The van der Waals surface area contributed by atoms with Gasteiger partial charge in [-0.05, 0) is 29.1 Å². The third kappa shape index (κ3) is 7.33. The Hall–Kier alpha value is -2.69. The van der Waals surface area contributed by atoms with E-state index < -0.39 is 23.6 Å². The van der Waals surface area contributed by atoms with Gasteiger partial charge in [-0.25, -0.2) is 18.4 Å². The highest BCUT2D eigenvalue weighted by Crippen LogP contribution is 2.14. The molecular weight excluding hydrogens is 406 g/mol. The van der Waals surface area contributed by atoms with Crippen molar-refractivity contribution in [1.82, 2.24) is 9.80 Å². The van der Waals surface area contributed by atoms with Crippen molar-refractivity contribution < 1.29 is 33.4 Å². The molecule has 1 saturated heterocycles. The van der Waals surface area contributed by atoms with Gasteiger partial charge in [-0.2, -0.15) is 0 Å². The minimum absolute atomic E-state index is 0.161. The number of carbonyl (C=O) groups is 3. The number of thiophene rings is 1. The first-order valence-corrected chi connectivity index (χ1v) is 9.55. The number of hydrogen-bond acceptors (Lipinski definition) is 6. The number of carbonyl (C=O) groups excluding carboxylic acids is 1. The monoisotopic (exact) mass is 426 g/mol. The second kappa shape index (κ2) is 10.7. The van der Waals surface area contributed by atoms with E-state index in [0.717, 1.165) is 36.6 Å². The van der Waals surface area contributed by atoms with Crippen LogP contribution in [-0.4, -0.2) is 70.5 Å². The Bertz CT molecular complexity index is 840. The maximum Gasteiger partial charge on any atom is 0.414 e. The Balaban J connectivity index is 0.000000438. The summed E-state index contributed by atoms with van der Waals surface area (Å²) in [6.45, 7) is 4.29. The van der Waals surface area contributed by atoms with Crippen molar-refractivity contribution in [2.24, 2.45) is 0 Å². The summed E-state index contributed by atoms with van der Waals surface area (Å²) in [6, 6.07) is 7.78. The molecular formula is C19H20F2N2O5S. The number of carboxylic acid groups (broad SMARTS) is 2. The lowest BCUT2D eigenvalue weighted by Gasteiger charge is -2.34. The number of ketones is 1. The number of aliphatic carboxylic acids is 2. The largest absolute Gasteiger partial charge is 0.473 e. The van der Waals surface area contributed by atoms with Crippen molar-refractivity contribution in [1.29, 1.82) is 0 Å². The first kappa shape index (κ1) is 22.6. The van der Waals surface area contributed by atoms with Crippen LogP contribution in [0.1, 0.15) is 15.2 Å². The zero-order chi connectivity index (χ0) is 21.4. The van der Waals surface area contributed by atoms with E-state index in [2.05, 4.69) is 9.80 Å². The molecule has 1 aliphatic heterocycles. The van der Waals surface area contributed by atoms with E-state index in [4.69, 9.17) is 19.8 Å². The number of piperazine rings is 1. The number of nitrogens with zero attached hydrogens (tertiary/aromatic N) is 2. The molecule has 0 unspecified atom stereocenters. The molecule has 156 valence electrons. The topological polar surface area (TPSA) is 98.2 Å². The van der Waals surface area contributed by atoms with Crippen LogP contribution in [0.15, 0.2) is 35.7 Å². The molecule has 0 atom stereocenters. The first-order chi connectivity index (χ1) is 13.8. The summed E-state index contributed by atoms with van der Waals surface area (Å²) in [5, 5.41) is 16.7. The number of halogens is 2. The molecule has 7 nitrogen and oxygen atoms in total. The number of benzene rings is 1. The standard InChI is InChI=1S/C17H18F2N2OS.C2H2O4/c18-14-4-3-13(10-15(14)19)11-20-5-7-21(8-6-20)12-16(22)17-2-1-9-23-17;3-1(4)2(5)6/h1-4,9-10H,5-8,11-12H2;(H,3,4)(H,5,6). The number of Topliss-reactive ketones (excluding diaryl/α,β-unsaturated/α-hetero) is 1. The van der Waals surface area contributed by atoms with Gasteiger partial charge < -0.3 is 10.2 Å². The van der Waals surface area contributed by atoms with E-state index in [9.17, 15) is 13.6 Å². The fourth-order valence-corrected chi connectivity index (χ4v) is 3.38. The van der Waals surface area contributed by atoms with Crippen LogP contribution in [0.5, 0.6) is 0 Å². The van der Waals surface area contributed by atoms with Crippen LogP contribution in [0.3, 0.4) is 0 Å². The SMILES string of the molecule is O=C(CN1CCN(Cc2ccc(F)c(F)c2)CC1)c1cccs1.O=C(O)C(=O)O. The van der Waals surface area contributed by atoms with Gasteiger partial charge in [0.2, 0.25) is 0 Å². The molecule has 0 saturated carbocycles. The van der Waals surface area contributed by atoms with E-state index in [0.29, 0.717) is 13.1 Å². The van der Waals surface area contributed by atoms with Crippen LogP contribution in [0.4, 0.5) is 8.78 Å². The van der Waals surface area contributed by atoms with Crippen molar-refractivity contribution in [2.75, 3.05) is 32.7 Å². The van der Waals surface area contributed by atoms with Gasteiger partial charge in [0.1, 0.15) is 0 Å². The fraction of sp³-hybridized carbons (Fsp3) is 0.316. The third-order valence-corrected chi connectivity index (χ3v) is 5.11. The van der Waals surface area contributed by atoms with Crippen LogP contribution < -0.4 is 0 Å². The average molecular weight is 426 g/mol. The van der Waals surface area contributed by atoms with Crippen molar-refractivity contribution in [3.05, 3.63) is 57.8 Å². The molecule has 2 aromatic rings. The van der Waals surface area contributed by atoms with Gasteiger partial charge in [-0.15, -0.1) is 11.3 Å². The molecule has 1 aromatic heterocycles. The molecule has 0 radical (unpaired) electrons. The highest BCUT2D eigenvalue weighted by atomic mass is 32.1. The van der Waals surface area contributed by atoms with E-state index in [1.165, 1.54) is 23.5 Å². The smallest absolute Gasteiger partial charge is 0.414 e. The van der Waals surface area contributed by atoms with Crippen molar-refractivity contribution in [3.8, 4) is 0 Å². The Morgan fingerprint density at radius 2 is 1.55 bits per heavy atom. The van der Waals surface area contributed by atoms with E-state index >= 15 is 0 Å². The highest BCUT2D eigenvalue weighted by Gasteiger charge is 2.20. The van der Waals surface area contributed by atoms with Crippen LogP contribution in [-0.2, 0) is 16.1 Å². The summed E-state index contributed by atoms with van der Waals surface area (Å²) >= 11 is 1.47. The number of hydrogen-bond donors (Lipinski definition) is 2. The van der Waals surface area contributed by atoms with Gasteiger partial charge in [0.15, 0.2) is 17.4 Å². The fourth-order valence-electron chi connectivity index (χ4n) is 2.72. The van der Waals surface area contributed by atoms with Gasteiger partial charge in [0.05, 0.1) is 11.4 Å². The maximum absolute atomic E-state index is 13.2. The predicted octanol–water partition coefficient (Wildman–Crippen LogP) is 2.18. The molecule has 0 aliphatic carbocycles. The Morgan fingerprint density at radius 3 is 2.07 bits per heavy atom. The summed E-state index contributed by atoms with van der Waals surface area (Å²) in [4.78, 5) is 35.4. The van der Waals surface area contributed by atoms with Crippen molar-refractivity contribution >= 4 is 29.1 Å². The Morgan fingerprint density at radius 1 is 0.931 bits per heavy atom. The van der Waals surface area contributed by atoms with Gasteiger partial charge >= 0.3 is 11.9 Å². The lowest BCUT2D eigenvalue weighted by molar-refractivity contribution is -0.159. The molecule has 2 N–H and O–H groups in total. The van der Waals surface area contributed by atoms with Gasteiger partial charge in [-0.1, -0.05) is 12.1 Å². The van der Waals surface area contributed by atoms with Gasteiger partial charge in [0, 0.05) is 32.7 Å². The first-order valence-electron chi connectivity index (χ1n) is 8.68. The highest BCUT2D eigenvalue weighted by molar-refractivity contribution is 7.12. The predicted molar refractivity (Wildman–Crippen MR) is 102 cm³/mol. The second-order valence-corrected chi connectivity index (χ2v) is 7.26. The molecule has 1 fully saturated rings. The van der Waals surface area contributed by atoms with Crippen LogP contribution in [0, 0.1) is 11.6 Å². The molecule has 3 rings (SSSR count). The van der Waals surface area contributed by atoms with E-state index in [1.54, 1.807) is 6.07 Å². The molecule has 0 amide bonds. The number of rotatable bonds is 5. The molecule has 0 bridgehead atoms. The quantitative estimate of drug-likeness (QED) is 0.559. The summed E-state index contributed by atoms with van der Waals surface area (Å²) in [7, 11) is 0. The zero-order valence-corrected chi connectivity index (χ0v) is 16.2. The van der Waals surface area contributed by atoms with Crippen LogP contribution in [0.2, 0.25) is 0 Å². The minimum atomic E-state index is -1.82. The van der Waals surface area contributed by atoms with Gasteiger partial charge in [0.25, 0.3) is 0 Å². The van der Waals surface area contributed by atoms with Crippen LogP contribution in [0.25, 0.3) is 0 Å². The molecule has 2 heterocycles. The summed E-state index contributed by atoms with van der Waals surface area (Å²) < 4.78 is 26.2. The molecule has 1 aromatic carbocycles. The summed E-state index contributed by atoms with van der Waals surface area (Å²) in [5.41, 5.74) is 0.770. The van der Waals surface area contributed by atoms with Crippen molar-refractivity contribution in [3.63, 3.8) is 0 Å². The zero-order valence-electron chi connectivity index (χ0n) is 15.4. The average Bonchev–Trinajstić information content (AvgIpc) is 3.22. The lowest BCUT2D eigenvalue weighted by atomic mass is 10.2. The van der Waals surface area contributed by atoms with Crippen LogP contribution >= 0.6 is 11.3 Å². The third-order valence-electron chi connectivity index (χ3n) is 4.20. The summed E-state index contributed by atoms with van der Waals surface area (Å²) in [6.07, 6.45) is 0. The van der Waals surface area contributed by atoms with E-state index in [1.807, 2.05) is 17.5 Å². The maximum atomic E-state index is 13.2. The summed E-state index contributed by atoms with van der Waals surface area (Å²) in [5.74, 6) is -5.10. The second-order valence-electron chi connectivity index (χ2n) is 6.31. The molecule has 29 heavy (non-hydrogen) atoms. The minimum Gasteiger partial charge on any atom is -0.473 e. The Labute approximate surface area is 169 Å². The van der Waals surface area contributed by atoms with Crippen molar-refractivity contribution in [2.45, 2.75) is 6.54 Å². The van der Waals surface area contributed by atoms with E-state index in [-0.39, 0.29) is 5.78 Å². The molecule has 1 aliphatic rings. The van der Waals surface area contributed by atoms with Gasteiger partial charge in [-0.3, -0.25) is 14.6 Å². The molecule has 10 heteroatoms. The number of carboxylic acids is 2. The molecule has 0 spiro atoms. The Kier molecular flexibility index (Phi) is 8.37. The normalized spacial score (nSPS) is 14.7. The lowest BCUT2D eigenvalue weighted by Crippen LogP contribution is -2.47.